The van der Waals surface area contributed by atoms with Crippen LogP contribution in [0.1, 0.15) is 37.8 Å². The number of carbonyl (C=O) groups excluding carboxylic acids is 1. The highest BCUT2D eigenvalue weighted by Gasteiger charge is 2.45. The monoisotopic (exact) mass is 430 g/mol. The van der Waals surface area contributed by atoms with Crippen molar-refractivity contribution in [1.82, 2.24) is 10.0 Å². The van der Waals surface area contributed by atoms with Crippen LogP contribution in [0.2, 0.25) is 0 Å². The van der Waals surface area contributed by atoms with E-state index in [1.54, 1.807) is 12.1 Å². The van der Waals surface area contributed by atoms with Gasteiger partial charge in [0.2, 0.25) is 15.9 Å². The van der Waals surface area contributed by atoms with E-state index in [1.807, 2.05) is 26.0 Å². The molecule has 1 aliphatic rings. The van der Waals surface area contributed by atoms with E-state index in [2.05, 4.69) is 29.1 Å². The molecule has 7 heteroatoms. The Labute approximate surface area is 179 Å². The zero-order valence-corrected chi connectivity index (χ0v) is 18.8. The molecule has 0 spiro atoms. The number of ether oxygens (including phenoxy) is 1. The fourth-order valence-corrected chi connectivity index (χ4v) is 5.05. The number of rotatable bonds is 9. The summed E-state index contributed by atoms with van der Waals surface area (Å²) in [4.78, 5) is 13.0. The number of sulfonamides is 1. The fraction of sp³-hybridized carbons (Fsp3) is 0.435. The molecule has 0 aromatic heterocycles. The molecule has 2 aromatic rings. The predicted molar refractivity (Wildman–Crippen MR) is 117 cm³/mol. The Morgan fingerprint density at radius 2 is 1.73 bits per heavy atom. The predicted octanol–water partition coefficient (Wildman–Crippen LogP) is 3.15. The van der Waals surface area contributed by atoms with Gasteiger partial charge in [0, 0.05) is 12.0 Å². The van der Waals surface area contributed by atoms with E-state index in [4.69, 9.17) is 4.74 Å². The van der Waals surface area contributed by atoms with Crippen molar-refractivity contribution >= 4 is 15.9 Å². The van der Waals surface area contributed by atoms with Crippen molar-refractivity contribution in [2.24, 2.45) is 5.92 Å². The molecule has 0 unspecified atom stereocenters. The number of methoxy groups -OCH3 is 1. The van der Waals surface area contributed by atoms with E-state index >= 15 is 0 Å². The summed E-state index contributed by atoms with van der Waals surface area (Å²) in [5.74, 6) is 0.0617. The molecule has 0 aliphatic heterocycles. The summed E-state index contributed by atoms with van der Waals surface area (Å²) in [6, 6.07) is 13.5. The van der Waals surface area contributed by atoms with Crippen molar-refractivity contribution in [3.05, 3.63) is 59.7 Å². The Morgan fingerprint density at radius 3 is 2.27 bits per heavy atom. The standard InChI is InChI=1S/C23H30N2O4S/c1-16(2)21(25-30(27,28)19-11-9-18(29-4)10-12-19)22(26)24-15-23(13-14-23)20-8-6-5-7-17(20)3/h5-12,16,21,25H,13-15H2,1-4H3,(H,24,26)/t21-/m0/s1. The third kappa shape index (κ3) is 4.84. The lowest BCUT2D eigenvalue weighted by Crippen LogP contribution is -2.50. The van der Waals surface area contributed by atoms with Gasteiger partial charge in [0.15, 0.2) is 0 Å². The molecule has 0 radical (unpaired) electrons. The molecule has 30 heavy (non-hydrogen) atoms. The number of nitrogens with one attached hydrogen (secondary N) is 2. The molecule has 162 valence electrons. The molecule has 3 rings (SSSR count). The second kappa shape index (κ2) is 8.78. The summed E-state index contributed by atoms with van der Waals surface area (Å²) >= 11 is 0. The van der Waals surface area contributed by atoms with Crippen molar-refractivity contribution in [3.8, 4) is 5.75 Å². The Hall–Kier alpha value is -2.38. The average Bonchev–Trinajstić information content (AvgIpc) is 3.51. The van der Waals surface area contributed by atoms with Gasteiger partial charge >= 0.3 is 0 Å². The number of carbonyl (C=O) groups is 1. The van der Waals surface area contributed by atoms with Crippen LogP contribution in [0.3, 0.4) is 0 Å². The van der Waals surface area contributed by atoms with Gasteiger partial charge in [-0.15, -0.1) is 0 Å². The lowest BCUT2D eigenvalue weighted by molar-refractivity contribution is -0.123. The van der Waals surface area contributed by atoms with Crippen molar-refractivity contribution in [1.29, 1.82) is 0 Å². The molecule has 0 heterocycles. The van der Waals surface area contributed by atoms with Gasteiger partial charge in [0.25, 0.3) is 0 Å². The summed E-state index contributed by atoms with van der Waals surface area (Å²) in [7, 11) is -2.32. The van der Waals surface area contributed by atoms with Crippen molar-refractivity contribution < 1.29 is 17.9 Å². The molecule has 1 atom stereocenters. The van der Waals surface area contributed by atoms with Crippen LogP contribution in [0, 0.1) is 12.8 Å². The van der Waals surface area contributed by atoms with E-state index in [9.17, 15) is 13.2 Å². The molecule has 0 bridgehead atoms. The Morgan fingerprint density at radius 1 is 1.10 bits per heavy atom. The maximum absolute atomic E-state index is 12.9. The first-order valence-electron chi connectivity index (χ1n) is 10.2. The number of benzene rings is 2. The van der Waals surface area contributed by atoms with Gasteiger partial charge in [-0.3, -0.25) is 4.79 Å². The number of hydrogen-bond acceptors (Lipinski definition) is 4. The minimum absolute atomic E-state index is 0.0443. The lowest BCUT2D eigenvalue weighted by Gasteiger charge is -2.24. The zero-order chi connectivity index (χ0) is 21.9. The second-order valence-corrected chi connectivity index (χ2v) is 10.0. The zero-order valence-electron chi connectivity index (χ0n) is 17.9. The van der Waals surface area contributed by atoms with E-state index in [0.29, 0.717) is 12.3 Å². The smallest absolute Gasteiger partial charge is 0.241 e. The van der Waals surface area contributed by atoms with Crippen molar-refractivity contribution in [3.63, 3.8) is 0 Å². The molecule has 1 aliphatic carbocycles. The average molecular weight is 431 g/mol. The summed E-state index contributed by atoms with van der Waals surface area (Å²) in [6.45, 7) is 6.24. The Kier molecular flexibility index (Phi) is 6.53. The minimum Gasteiger partial charge on any atom is -0.497 e. The van der Waals surface area contributed by atoms with Crippen LogP contribution in [0.4, 0.5) is 0 Å². The topological polar surface area (TPSA) is 84.5 Å². The first kappa shape index (κ1) is 22.3. The summed E-state index contributed by atoms with van der Waals surface area (Å²) in [5.41, 5.74) is 2.42. The maximum atomic E-state index is 12.9. The lowest BCUT2D eigenvalue weighted by atomic mass is 9.91. The van der Waals surface area contributed by atoms with E-state index in [1.165, 1.54) is 30.4 Å². The molecule has 1 saturated carbocycles. The Balaban J connectivity index is 1.70. The van der Waals surface area contributed by atoms with Gasteiger partial charge in [-0.25, -0.2) is 8.42 Å². The third-order valence-corrected chi connectivity index (χ3v) is 7.23. The summed E-state index contributed by atoms with van der Waals surface area (Å²) in [6.07, 6.45) is 2.03. The number of aryl methyl sites for hydroxylation is 1. The maximum Gasteiger partial charge on any atom is 0.241 e. The van der Waals surface area contributed by atoms with Gasteiger partial charge in [-0.05, 0) is 61.1 Å². The molecule has 1 fully saturated rings. The van der Waals surface area contributed by atoms with Gasteiger partial charge in [-0.2, -0.15) is 4.72 Å². The second-order valence-electron chi connectivity index (χ2n) is 8.33. The van der Waals surface area contributed by atoms with Gasteiger partial charge < -0.3 is 10.1 Å². The third-order valence-electron chi connectivity index (χ3n) is 5.77. The van der Waals surface area contributed by atoms with Crippen LogP contribution in [0.25, 0.3) is 0 Å². The van der Waals surface area contributed by atoms with E-state index in [0.717, 1.165) is 12.8 Å². The number of amides is 1. The van der Waals surface area contributed by atoms with Crippen LogP contribution in [0.5, 0.6) is 5.75 Å². The Bertz CT molecular complexity index is 996. The SMILES string of the molecule is COc1ccc(S(=O)(=O)N[C@H](C(=O)NCC2(c3ccccc3C)CC2)C(C)C)cc1. The van der Waals surface area contributed by atoms with Crippen LogP contribution >= 0.6 is 0 Å². The van der Waals surface area contributed by atoms with E-state index < -0.39 is 16.1 Å². The quantitative estimate of drug-likeness (QED) is 0.640. The van der Waals surface area contributed by atoms with Gasteiger partial charge in [0.1, 0.15) is 11.8 Å². The highest BCUT2D eigenvalue weighted by Crippen LogP contribution is 2.48. The molecular weight excluding hydrogens is 400 g/mol. The first-order chi connectivity index (χ1) is 14.2. The van der Waals surface area contributed by atoms with Crippen molar-refractivity contribution in [2.75, 3.05) is 13.7 Å². The normalized spacial score (nSPS) is 16.2. The molecule has 1 amide bonds. The van der Waals surface area contributed by atoms with Crippen LogP contribution in [0.15, 0.2) is 53.4 Å². The minimum atomic E-state index is -3.84. The van der Waals surface area contributed by atoms with Gasteiger partial charge in [-0.1, -0.05) is 38.1 Å². The first-order valence-corrected chi connectivity index (χ1v) is 11.7. The fourth-order valence-electron chi connectivity index (χ4n) is 3.71. The number of hydrogen-bond donors (Lipinski definition) is 2. The molecule has 6 nitrogen and oxygen atoms in total. The largest absolute Gasteiger partial charge is 0.497 e. The molecule has 2 N–H and O–H groups in total. The van der Waals surface area contributed by atoms with E-state index in [-0.39, 0.29) is 22.1 Å². The van der Waals surface area contributed by atoms with Gasteiger partial charge in [0.05, 0.1) is 12.0 Å². The van der Waals surface area contributed by atoms with Crippen LogP contribution in [-0.2, 0) is 20.2 Å². The van der Waals surface area contributed by atoms with Crippen molar-refractivity contribution in [2.45, 2.75) is 50.0 Å². The highest BCUT2D eigenvalue weighted by molar-refractivity contribution is 7.89. The summed E-state index contributed by atoms with van der Waals surface area (Å²) < 4.78 is 33.2. The van der Waals surface area contributed by atoms with Crippen LogP contribution in [-0.4, -0.2) is 34.0 Å². The summed E-state index contributed by atoms with van der Waals surface area (Å²) in [5, 5.41) is 3.00. The molecule has 0 saturated heterocycles. The molecule has 2 aromatic carbocycles. The molecular formula is C23H30N2O4S. The highest BCUT2D eigenvalue weighted by atomic mass is 32.2. The van der Waals surface area contributed by atoms with Crippen LogP contribution < -0.4 is 14.8 Å².